The van der Waals surface area contributed by atoms with Crippen LogP contribution < -0.4 is 5.32 Å². The van der Waals surface area contributed by atoms with Gasteiger partial charge in [-0.2, -0.15) is 0 Å². The number of hydrogen-bond acceptors (Lipinski definition) is 6. The molecule has 22 heavy (non-hydrogen) atoms. The zero-order chi connectivity index (χ0) is 15.7. The summed E-state index contributed by atoms with van der Waals surface area (Å²) in [6, 6.07) is 5.37. The van der Waals surface area contributed by atoms with Crippen molar-refractivity contribution in [3.8, 4) is 0 Å². The summed E-state index contributed by atoms with van der Waals surface area (Å²) >= 11 is 8.67. The molecule has 1 fully saturated rings. The first-order chi connectivity index (χ1) is 10.4. The second-order valence-corrected chi connectivity index (χ2v) is 10.00. The van der Waals surface area contributed by atoms with E-state index in [4.69, 9.17) is 11.6 Å². The van der Waals surface area contributed by atoms with Crippen molar-refractivity contribution in [2.75, 3.05) is 22.6 Å². The van der Waals surface area contributed by atoms with Crippen LogP contribution in [0.3, 0.4) is 0 Å². The number of nitrogens with zero attached hydrogens (tertiary/aromatic N) is 1. The third-order valence-corrected chi connectivity index (χ3v) is 7.69. The largest absolute Gasteiger partial charge is 0.301 e. The Kier molecular flexibility index (Phi) is 4.63. The van der Waals surface area contributed by atoms with Crippen LogP contribution in [0.5, 0.6) is 0 Å². The number of thioether (sulfide) groups is 1. The van der Waals surface area contributed by atoms with Crippen molar-refractivity contribution >= 4 is 65.8 Å². The van der Waals surface area contributed by atoms with Gasteiger partial charge in [-0.3, -0.25) is 4.79 Å². The quantitative estimate of drug-likeness (QED) is 0.887. The number of nitrogens with one attached hydrogen (secondary N) is 1. The van der Waals surface area contributed by atoms with Crippen LogP contribution in [0, 0.1) is 0 Å². The van der Waals surface area contributed by atoms with Crippen LogP contribution >= 0.6 is 34.7 Å². The van der Waals surface area contributed by atoms with E-state index >= 15 is 0 Å². The minimum Gasteiger partial charge on any atom is -0.301 e. The van der Waals surface area contributed by atoms with Gasteiger partial charge in [-0.05, 0) is 24.6 Å². The first-order valence-electron chi connectivity index (χ1n) is 6.59. The molecule has 0 aliphatic carbocycles. The third kappa shape index (κ3) is 3.92. The van der Waals surface area contributed by atoms with E-state index in [-0.39, 0.29) is 28.4 Å². The number of carbonyl (C=O) groups is 1. The first-order valence-corrected chi connectivity index (χ1v) is 10.7. The van der Waals surface area contributed by atoms with Crippen LogP contribution in [-0.4, -0.2) is 41.8 Å². The van der Waals surface area contributed by atoms with Crippen molar-refractivity contribution in [2.24, 2.45) is 0 Å². The maximum absolute atomic E-state index is 11.9. The molecule has 1 atom stereocenters. The summed E-state index contributed by atoms with van der Waals surface area (Å²) in [5, 5.41) is 3.93. The summed E-state index contributed by atoms with van der Waals surface area (Å²) in [4.78, 5) is 16.3. The number of anilines is 1. The Morgan fingerprint density at radius 1 is 1.50 bits per heavy atom. The van der Waals surface area contributed by atoms with E-state index in [0.717, 1.165) is 10.2 Å². The van der Waals surface area contributed by atoms with E-state index in [1.165, 1.54) is 23.1 Å². The van der Waals surface area contributed by atoms with E-state index in [0.29, 0.717) is 16.6 Å². The van der Waals surface area contributed by atoms with Gasteiger partial charge in [0.05, 0.1) is 27.5 Å². The molecule has 1 amide bonds. The molecule has 5 nitrogen and oxygen atoms in total. The molecular weight excluding hydrogens is 364 g/mol. The number of aromatic nitrogens is 1. The number of thiazole rings is 1. The molecule has 1 saturated heterocycles. The lowest BCUT2D eigenvalue weighted by Crippen LogP contribution is -2.17. The second kappa shape index (κ2) is 6.35. The van der Waals surface area contributed by atoms with Crippen LogP contribution in [0.4, 0.5) is 5.13 Å². The average molecular weight is 377 g/mol. The lowest BCUT2D eigenvalue weighted by Gasteiger charge is -2.06. The number of fused-ring (bicyclic) bond motifs is 1. The highest BCUT2D eigenvalue weighted by Crippen LogP contribution is 2.29. The van der Waals surface area contributed by atoms with Crippen molar-refractivity contribution in [3.63, 3.8) is 0 Å². The molecule has 1 aromatic carbocycles. The van der Waals surface area contributed by atoms with Crippen molar-refractivity contribution in [1.29, 1.82) is 0 Å². The van der Waals surface area contributed by atoms with Crippen molar-refractivity contribution in [2.45, 2.75) is 11.7 Å². The van der Waals surface area contributed by atoms with Crippen LogP contribution in [0.25, 0.3) is 10.2 Å². The highest BCUT2D eigenvalue weighted by atomic mass is 35.5. The Morgan fingerprint density at radius 2 is 2.32 bits per heavy atom. The molecule has 0 saturated carbocycles. The molecule has 0 bridgehead atoms. The van der Waals surface area contributed by atoms with Gasteiger partial charge >= 0.3 is 0 Å². The molecule has 9 heteroatoms. The lowest BCUT2D eigenvalue weighted by atomic mass is 10.3. The molecule has 1 unspecified atom stereocenters. The lowest BCUT2D eigenvalue weighted by molar-refractivity contribution is -0.113. The number of carbonyl (C=O) groups excluding carboxylic acids is 1. The number of halogens is 1. The first kappa shape index (κ1) is 16.0. The molecule has 118 valence electrons. The molecule has 2 heterocycles. The molecule has 0 spiro atoms. The fourth-order valence-electron chi connectivity index (χ4n) is 2.19. The monoisotopic (exact) mass is 376 g/mol. The summed E-state index contributed by atoms with van der Waals surface area (Å²) < 4.78 is 23.7. The van der Waals surface area contributed by atoms with E-state index in [1.54, 1.807) is 6.07 Å². The van der Waals surface area contributed by atoms with Gasteiger partial charge in [0.25, 0.3) is 0 Å². The average Bonchev–Trinajstić information content (AvgIpc) is 2.98. The number of benzene rings is 1. The Bertz CT molecular complexity index is 819. The fourth-order valence-corrected chi connectivity index (χ4v) is 6.79. The minimum atomic E-state index is -2.90. The van der Waals surface area contributed by atoms with Gasteiger partial charge in [-0.1, -0.05) is 22.9 Å². The molecule has 3 rings (SSSR count). The highest BCUT2D eigenvalue weighted by Gasteiger charge is 2.28. The van der Waals surface area contributed by atoms with Gasteiger partial charge in [0, 0.05) is 10.3 Å². The number of amides is 1. The van der Waals surface area contributed by atoms with Gasteiger partial charge in [-0.25, -0.2) is 13.4 Å². The predicted octanol–water partition coefficient (Wildman–Crippen LogP) is 2.81. The summed E-state index contributed by atoms with van der Waals surface area (Å²) in [6.45, 7) is 0. The molecule has 2 aromatic rings. The Morgan fingerprint density at radius 3 is 3.05 bits per heavy atom. The summed E-state index contributed by atoms with van der Waals surface area (Å²) in [5.41, 5.74) is 0.791. The zero-order valence-corrected chi connectivity index (χ0v) is 14.6. The van der Waals surface area contributed by atoms with E-state index < -0.39 is 9.84 Å². The Labute approximate surface area is 141 Å². The maximum atomic E-state index is 11.9. The number of rotatable bonds is 4. The summed E-state index contributed by atoms with van der Waals surface area (Å²) in [7, 11) is -2.90. The Balaban J connectivity index is 1.57. The summed E-state index contributed by atoms with van der Waals surface area (Å²) in [5.74, 6) is 0.464. The van der Waals surface area contributed by atoms with Gasteiger partial charge in [0.15, 0.2) is 15.0 Å². The van der Waals surface area contributed by atoms with Gasteiger partial charge in [0.2, 0.25) is 5.91 Å². The van der Waals surface area contributed by atoms with E-state index in [9.17, 15) is 13.2 Å². The number of hydrogen-bond donors (Lipinski definition) is 1. The summed E-state index contributed by atoms with van der Waals surface area (Å²) in [6.07, 6.45) is 0.625. The van der Waals surface area contributed by atoms with Crippen LogP contribution in [-0.2, 0) is 14.6 Å². The number of sulfone groups is 1. The second-order valence-electron chi connectivity index (χ2n) is 5.02. The smallest absolute Gasteiger partial charge is 0.236 e. The highest BCUT2D eigenvalue weighted by molar-refractivity contribution is 8.02. The molecular formula is C13H13ClN2O3S3. The molecule has 1 aromatic heterocycles. The van der Waals surface area contributed by atoms with Crippen molar-refractivity contribution in [1.82, 2.24) is 4.98 Å². The molecule has 1 aliphatic heterocycles. The Hall–Kier alpha value is -0.830. The van der Waals surface area contributed by atoms with Crippen LogP contribution in [0.1, 0.15) is 6.42 Å². The predicted molar refractivity (Wildman–Crippen MR) is 92.8 cm³/mol. The standard InChI is InChI=1S/C13H13ClN2O3S3/c14-8-1-2-10-11(5-8)21-13(15-10)16-12(17)6-20-9-3-4-22(18,19)7-9/h1-2,5,9H,3-4,6-7H2,(H,15,16,17). The SMILES string of the molecule is O=C(CSC1CCS(=O)(=O)C1)Nc1nc2ccc(Cl)cc2s1. The van der Waals surface area contributed by atoms with Crippen LogP contribution in [0.2, 0.25) is 5.02 Å². The maximum Gasteiger partial charge on any atom is 0.236 e. The van der Waals surface area contributed by atoms with Crippen molar-refractivity contribution < 1.29 is 13.2 Å². The topological polar surface area (TPSA) is 76.1 Å². The van der Waals surface area contributed by atoms with Gasteiger partial charge in [-0.15, -0.1) is 11.8 Å². The van der Waals surface area contributed by atoms with E-state index in [2.05, 4.69) is 10.3 Å². The fraction of sp³-hybridized carbons (Fsp3) is 0.385. The molecule has 1 N–H and O–H groups in total. The van der Waals surface area contributed by atoms with Crippen LogP contribution in [0.15, 0.2) is 18.2 Å². The molecule has 0 radical (unpaired) electrons. The van der Waals surface area contributed by atoms with E-state index in [1.807, 2.05) is 12.1 Å². The van der Waals surface area contributed by atoms with Gasteiger partial charge < -0.3 is 5.32 Å². The van der Waals surface area contributed by atoms with Crippen molar-refractivity contribution in [3.05, 3.63) is 23.2 Å². The normalized spacial score (nSPS) is 20.3. The zero-order valence-electron chi connectivity index (χ0n) is 11.4. The third-order valence-electron chi connectivity index (χ3n) is 3.24. The minimum absolute atomic E-state index is 0.0184. The van der Waals surface area contributed by atoms with Gasteiger partial charge in [0.1, 0.15) is 0 Å². The molecule has 1 aliphatic rings.